The Morgan fingerprint density at radius 2 is 2.19 bits per heavy atom. The number of rotatable bonds is 3. The highest BCUT2D eigenvalue weighted by Gasteiger charge is 2.20. The summed E-state index contributed by atoms with van der Waals surface area (Å²) in [6, 6.07) is 8.49. The summed E-state index contributed by atoms with van der Waals surface area (Å²) in [7, 11) is 0. The highest BCUT2D eigenvalue weighted by molar-refractivity contribution is 6.29. The van der Waals surface area contributed by atoms with Crippen LogP contribution in [0.3, 0.4) is 0 Å². The van der Waals surface area contributed by atoms with Gasteiger partial charge in [-0.1, -0.05) is 12.1 Å². The van der Waals surface area contributed by atoms with Crippen LogP contribution in [-0.4, -0.2) is 11.8 Å². The van der Waals surface area contributed by atoms with Gasteiger partial charge in [0.25, 0.3) is 5.91 Å². The number of halogens is 1. The summed E-state index contributed by atoms with van der Waals surface area (Å²) >= 11 is 5.65. The van der Waals surface area contributed by atoms with E-state index in [-0.39, 0.29) is 28.8 Å². The summed E-state index contributed by atoms with van der Waals surface area (Å²) < 4.78 is 5.07. The normalized spacial score (nSPS) is 14.5. The fourth-order valence-corrected chi connectivity index (χ4v) is 2.45. The summed E-state index contributed by atoms with van der Waals surface area (Å²) in [6.45, 7) is 1.87. The van der Waals surface area contributed by atoms with Crippen LogP contribution in [0.1, 0.15) is 34.6 Å². The average Bonchev–Trinajstić information content (AvgIpc) is 3.02. The minimum absolute atomic E-state index is 0.0101. The van der Waals surface area contributed by atoms with E-state index < -0.39 is 0 Å². The Labute approximate surface area is 126 Å². The molecule has 6 heteroatoms. The minimum Gasteiger partial charge on any atom is -0.440 e. The Bertz CT molecular complexity index is 723. The molecule has 1 aliphatic heterocycles. The topological polar surface area (TPSA) is 71.3 Å². The molecule has 0 aliphatic carbocycles. The predicted octanol–water partition coefficient (Wildman–Crippen LogP) is 2.92. The van der Waals surface area contributed by atoms with Crippen molar-refractivity contribution in [2.45, 2.75) is 19.4 Å². The zero-order valence-corrected chi connectivity index (χ0v) is 12.0. The van der Waals surface area contributed by atoms with E-state index in [0.717, 1.165) is 16.8 Å². The molecule has 2 heterocycles. The standard InChI is InChI=1S/C15H13ClN2O3/c1-8(17-15(20)12-4-5-13(16)21-12)9-2-3-11-10(6-9)7-14(19)18-11/h2-6,8H,7H2,1H3,(H,17,20)(H,18,19)/t8-/m0/s1. The van der Waals surface area contributed by atoms with Gasteiger partial charge in [0.1, 0.15) is 0 Å². The number of carbonyl (C=O) groups excluding carboxylic acids is 2. The van der Waals surface area contributed by atoms with Crippen LogP contribution in [0, 0.1) is 0 Å². The minimum atomic E-state index is -0.330. The van der Waals surface area contributed by atoms with Crippen molar-refractivity contribution in [2.75, 3.05) is 5.32 Å². The molecule has 1 aliphatic rings. The monoisotopic (exact) mass is 304 g/mol. The zero-order chi connectivity index (χ0) is 15.0. The zero-order valence-electron chi connectivity index (χ0n) is 11.3. The summed E-state index contributed by atoms with van der Waals surface area (Å²) in [4.78, 5) is 23.3. The summed E-state index contributed by atoms with van der Waals surface area (Å²) in [5.41, 5.74) is 2.70. The van der Waals surface area contributed by atoms with E-state index in [2.05, 4.69) is 10.6 Å². The molecule has 0 unspecified atom stereocenters. The van der Waals surface area contributed by atoms with E-state index in [1.807, 2.05) is 25.1 Å². The second-order valence-corrected chi connectivity index (χ2v) is 5.31. The molecule has 0 saturated heterocycles. The molecule has 1 aromatic carbocycles. The van der Waals surface area contributed by atoms with Gasteiger partial charge in [0.2, 0.25) is 5.91 Å². The molecular formula is C15H13ClN2O3. The molecule has 0 saturated carbocycles. The number of benzene rings is 1. The molecule has 108 valence electrons. The number of carbonyl (C=O) groups is 2. The Balaban J connectivity index is 1.74. The van der Waals surface area contributed by atoms with Crippen molar-refractivity contribution in [3.8, 4) is 0 Å². The Kier molecular flexibility index (Phi) is 3.43. The van der Waals surface area contributed by atoms with Gasteiger partial charge < -0.3 is 15.1 Å². The lowest BCUT2D eigenvalue weighted by Crippen LogP contribution is -2.26. The first-order valence-electron chi connectivity index (χ1n) is 6.52. The van der Waals surface area contributed by atoms with Crippen molar-refractivity contribution >= 4 is 29.1 Å². The van der Waals surface area contributed by atoms with Crippen molar-refractivity contribution in [1.29, 1.82) is 0 Å². The molecule has 0 spiro atoms. The van der Waals surface area contributed by atoms with Crippen LogP contribution in [-0.2, 0) is 11.2 Å². The third-order valence-electron chi connectivity index (χ3n) is 3.40. The fourth-order valence-electron chi connectivity index (χ4n) is 2.31. The summed E-state index contributed by atoms with van der Waals surface area (Å²) in [5, 5.41) is 5.78. The number of hydrogen-bond donors (Lipinski definition) is 2. The number of amides is 2. The van der Waals surface area contributed by atoms with Gasteiger partial charge in [-0.2, -0.15) is 0 Å². The van der Waals surface area contributed by atoms with Crippen LogP contribution in [0.2, 0.25) is 5.22 Å². The van der Waals surface area contributed by atoms with Crippen LogP contribution in [0.15, 0.2) is 34.7 Å². The molecular weight excluding hydrogens is 292 g/mol. The van der Waals surface area contributed by atoms with E-state index in [0.29, 0.717) is 6.42 Å². The quantitative estimate of drug-likeness (QED) is 0.916. The van der Waals surface area contributed by atoms with Crippen molar-refractivity contribution in [2.24, 2.45) is 0 Å². The fraction of sp³-hybridized carbons (Fsp3) is 0.200. The van der Waals surface area contributed by atoms with Gasteiger partial charge in [0.15, 0.2) is 11.0 Å². The molecule has 21 heavy (non-hydrogen) atoms. The first-order chi connectivity index (χ1) is 10.0. The Hall–Kier alpha value is -2.27. The average molecular weight is 305 g/mol. The van der Waals surface area contributed by atoms with Gasteiger partial charge in [-0.15, -0.1) is 0 Å². The second kappa shape index (κ2) is 5.26. The molecule has 2 aromatic rings. The molecule has 1 aromatic heterocycles. The van der Waals surface area contributed by atoms with Gasteiger partial charge in [-0.25, -0.2) is 0 Å². The summed E-state index contributed by atoms with van der Waals surface area (Å²) in [6.07, 6.45) is 0.373. The van der Waals surface area contributed by atoms with Gasteiger partial charge in [-0.05, 0) is 47.9 Å². The predicted molar refractivity (Wildman–Crippen MR) is 78.4 cm³/mol. The molecule has 0 radical (unpaired) electrons. The van der Waals surface area contributed by atoms with E-state index >= 15 is 0 Å². The van der Waals surface area contributed by atoms with Crippen LogP contribution >= 0.6 is 11.6 Å². The van der Waals surface area contributed by atoms with Gasteiger partial charge in [0.05, 0.1) is 12.5 Å². The smallest absolute Gasteiger partial charge is 0.287 e. The van der Waals surface area contributed by atoms with Gasteiger partial charge in [0, 0.05) is 5.69 Å². The number of nitrogens with one attached hydrogen (secondary N) is 2. The van der Waals surface area contributed by atoms with Crippen LogP contribution in [0.5, 0.6) is 0 Å². The lowest BCUT2D eigenvalue weighted by Gasteiger charge is -2.14. The van der Waals surface area contributed by atoms with Crippen molar-refractivity contribution in [3.05, 3.63) is 52.4 Å². The highest BCUT2D eigenvalue weighted by Crippen LogP contribution is 2.26. The van der Waals surface area contributed by atoms with Crippen molar-refractivity contribution < 1.29 is 14.0 Å². The van der Waals surface area contributed by atoms with E-state index in [4.69, 9.17) is 16.0 Å². The number of furan rings is 1. The molecule has 2 N–H and O–H groups in total. The molecule has 1 atom stereocenters. The maximum absolute atomic E-state index is 12.0. The lowest BCUT2D eigenvalue weighted by molar-refractivity contribution is -0.115. The van der Waals surface area contributed by atoms with Gasteiger partial charge >= 0.3 is 0 Å². The first kappa shape index (κ1) is 13.7. The van der Waals surface area contributed by atoms with E-state index in [9.17, 15) is 9.59 Å². The molecule has 5 nitrogen and oxygen atoms in total. The SMILES string of the molecule is C[C@H](NC(=O)c1ccc(Cl)o1)c1ccc2c(c1)CC(=O)N2. The van der Waals surface area contributed by atoms with Crippen LogP contribution in [0.25, 0.3) is 0 Å². The summed E-state index contributed by atoms with van der Waals surface area (Å²) in [5.74, 6) is -0.168. The lowest BCUT2D eigenvalue weighted by atomic mass is 10.0. The van der Waals surface area contributed by atoms with Gasteiger partial charge in [-0.3, -0.25) is 9.59 Å². The van der Waals surface area contributed by atoms with Crippen molar-refractivity contribution in [1.82, 2.24) is 5.32 Å². The third kappa shape index (κ3) is 2.78. The highest BCUT2D eigenvalue weighted by atomic mass is 35.5. The third-order valence-corrected chi connectivity index (χ3v) is 3.60. The molecule has 3 rings (SSSR count). The first-order valence-corrected chi connectivity index (χ1v) is 6.89. The molecule has 2 amide bonds. The molecule has 0 bridgehead atoms. The maximum atomic E-state index is 12.0. The molecule has 0 fully saturated rings. The Morgan fingerprint density at radius 1 is 1.38 bits per heavy atom. The van der Waals surface area contributed by atoms with Crippen LogP contribution in [0.4, 0.5) is 5.69 Å². The second-order valence-electron chi connectivity index (χ2n) is 4.94. The number of hydrogen-bond acceptors (Lipinski definition) is 3. The Morgan fingerprint density at radius 3 is 2.90 bits per heavy atom. The van der Waals surface area contributed by atoms with E-state index in [1.165, 1.54) is 12.1 Å². The number of fused-ring (bicyclic) bond motifs is 1. The number of anilines is 1. The van der Waals surface area contributed by atoms with Crippen molar-refractivity contribution in [3.63, 3.8) is 0 Å². The van der Waals surface area contributed by atoms with E-state index in [1.54, 1.807) is 0 Å². The van der Waals surface area contributed by atoms with Crippen LogP contribution < -0.4 is 10.6 Å². The maximum Gasteiger partial charge on any atom is 0.287 e. The largest absolute Gasteiger partial charge is 0.440 e.